The first kappa shape index (κ1) is 6.04. The Labute approximate surface area is 66.4 Å². The van der Waals surface area contributed by atoms with Gasteiger partial charge in [-0.25, -0.2) is 0 Å². The number of nitrogens with one attached hydrogen (secondary N) is 1. The molecule has 2 aliphatic carbocycles. The minimum atomic E-state index is 0.349. The maximum Gasteiger partial charge on any atom is 0.223 e. The second-order valence-electron chi connectivity index (χ2n) is 4.29. The Morgan fingerprint density at radius 3 is 2.82 bits per heavy atom. The number of amides is 1. The molecule has 0 aromatic rings. The molecule has 0 unspecified atom stereocenters. The molecule has 3 rings (SSSR count). The second kappa shape index (κ2) is 1.79. The van der Waals surface area contributed by atoms with Crippen molar-refractivity contribution in [3.63, 3.8) is 0 Å². The van der Waals surface area contributed by atoms with E-state index in [4.69, 9.17) is 0 Å². The molecule has 0 spiro atoms. The van der Waals surface area contributed by atoms with Gasteiger partial charge in [0.25, 0.3) is 0 Å². The minimum Gasteiger partial charge on any atom is -0.353 e. The summed E-state index contributed by atoms with van der Waals surface area (Å²) in [6, 6.07) is 0.565. The lowest BCUT2D eigenvalue weighted by molar-refractivity contribution is -0.123. The molecule has 3 fully saturated rings. The average molecular weight is 151 g/mol. The summed E-state index contributed by atoms with van der Waals surface area (Å²) in [7, 11) is 0. The van der Waals surface area contributed by atoms with Gasteiger partial charge in [0.2, 0.25) is 5.91 Å². The Bertz CT molecular complexity index is 214. The molecule has 1 saturated heterocycles. The predicted molar refractivity (Wildman–Crippen MR) is 40.9 cm³/mol. The van der Waals surface area contributed by atoms with Crippen LogP contribution >= 0.6 is 0 Å². The number of carbonyl (C=O) groups is 1. The van der Waals surface area contributed by atoms with Gasteiger partial charge in [0.05, 0.1) is 0 Å². The van der Waals surface area contributed by atoms with Crippen LogP contribution in [-0.4, -0.2) is 11.9 Å². The normalized spacial score (nSPS) is 52.9. The van der Waals surface area contributed by atoms with Crippen LogP contribution in [0.2, 0.25) is 0 Å². The standard InChI is InChI=1S/C9H13NO/c11-9-7-4-6(7)3-5-1-2-8(5)10-9/h5-8H,1-4H2,(H,10,11)/t5-,6-,7+,8-/m1/s1. The first-order chi connectivity index (χ1) is 5.34. The van der Waals surface area contributed by atoms with Crippen LogP contribution in [0, 0.1) is 17.8 Å². The fourth-order valence-electron chi connectivity index (χ4n) is 2.55. The minimum absolute atomic E-state index is 0.349. The zero-order chi connectivity index (χ0) is 7.42. The highest BCUT2D eigenvalue weighted by atomic mass is 16.2. The highest BCUT2D eigenvalue weighted by Gasteiger charge is 2.50. The molecule has 2 nitrogen and oxygen atoms in total. The highest BCUT2D eigenvalue weighted by Crippen LogP contribution is 2.49. The van der Waals surface area contributed by atoms with Crippen LogP contribution in [0.1, 0.15) is 25.7 Å². The van der Waals surface area contributed by atoms with Crippen molar-refractivity contribution in [1.82, 2.24) is 5.32 Å². The lowest BCUT2D eigenvalue weighted by atomic mass is 9.77. The second-order valence-corrected chi connectivity index (χ2v) is 4.29. The molecule has 11 heavy (non-hydrogen) atoms. The number of fused-ring (bicyclic) bond motifs is 2. The average Bonchev–Trinajstić information content (AvgIpc) is 2.71. The molecule has 0 aromatic carbocycles. The van der Waals surface area contributed by atoms with Crippen molar-refractivity contribution >= 4 is 5.91 Å². The van der Waals surface area contributed by atoms with Crippen molar-refractivity contribution in [2.75, 3.05) is 0 Å². The maximum atomic E-state index is 11.3. The summed E-state index contributed by atoms with van der Waals surface area (Å²) in [5.74, 6) is 2.38. The third kappa shape index (κ3) is 0.754. The molecule has 0 bridgehead atoms. The topological polar surface area (TPSA) is 29.1 Å². The van der Waals surface area contributed by atoms with E-state index in [1.807, 2.05) is 0 Å². The van der Waals surface area contributed by atoms with E-state index in [1.54, 1.807) is 0 Å². The Kier molecular flexibility index (Phi) is 0.984. The molecule has 3 aliphatic rings. The fraction of sp³-hybridized carbons (Fsp3) is 0.889. The van der Waals surface area contributed by atoms with Gasteiger partial charge in [-0.3, -0.25) is 4.79 Å². The van der Waals surface area contributed by atoms with Crippen molar-refractivity contribution in [3.8, 4) is 0 Å². The Morgan fingerprint density at radius 2 is 2.09 bits per heavy atom. The van der Waals surface area contributed by atoms with E-state index in [2.05, 4.69) is 5.32 Å². The van der Waals surface area contributed by atoms with Crippen molar-refractivity contribution in [2.45, 2.75) is 31.7 Å². The first-order valence-corrected chi connectivity index (χ1v) is 4.65. The lowest BCUT2D eigenvalue weighted by Crippen LogP contribution is -2.45. The van der Waals surface area contributed by atoms with Gasteiger partial charge in [-0.1, -0.05) is 0 Å². The molecule has 1 N–H and O–H groups in total. The van der Waals surface area contributed by atoms with Crippen molar-refractivity contribution < 1.29 is 4.79 Å². The fourth-order valence-corrected chi connectivity index (χ4v) is 2.55. The smallest absolute Gasteiger partial charge is 0.223 e. The summed E-state index contributed by atoms with van der Waals surface area (Å²) in [6.07, 6.45) is 5.09. The van der Waals surface area contributed by atoms with Crippen LogP contribution in [0.15, 0.2) is 0 Å². The van der Waals surface area contributed by atoms with E-state index < -0.39 is 0 Å². The van der Waals surface area contributed by atoms with E-state index in [9.17, 15) is 4.79 Å². The molecule has 2 saturated carbocycles. The van der Waals surface area contributed by atoms with E-state index >= 15 is 0 Å². The first-order valence-electron chi connectivity index (χ1n) is 4.65. The summed E-state index contributed by atoms with van der Waals surface area (Å²) in [5, 5.41) is 3.13. The van der Waals surface area contributed by atoms with E-state index in [0.717, 1.165) is 11.8 Å². The van der Waals surface area contributed by atoms with Gasteiger partial charge in [-0.05, 0) is 37.5 Å². The molecule has 4 atom stereocenters. The van der Waals surface area contributed by atoms with Crippen molar-refractivity contribution in [3.05, 3.63) is 0 Å². The number of carbonyl (C=O) groups excluding carboxylic acids is 1. The quantitative estimate of drug-likeness (QED) is 0.548. The van der Waals surface area contributed by atoms with E-state index in [0.29, 0.717) is 17.9 Å². The molecule has 2 heteroatoms. The number of rotatable bonds is 0. The molecule has 0 aromatic heterocycles. The summed E-state index contributed by atoms with van der Waals surface area (Å²) >= 11 is 0. The molecule has 1 heterocycles. The van der Waals surface area contributed by atoms with Crippen LogP contribution < -0.4 is 5.32 Å². The van der Waals surface area contributed by atoms with Crippen molar-refractivity contribution in [1.29, 1.82) is 0 Å². The van der Waals surface area contributed by atoms with E-state index in [1.165, 1.54) is 25.7 Å². The van der Waals surface area contributed by atoms with Crippen LogP contribution in [0.5, 0.6) is 0 Å². The van der Waals surface area contributed by atoms with Gasteiger partial charge in [0, 0.05) is 12.0 Å². The summed E-state index contributed by atoms with van der Waals surface area (Å²) in [6.45, 7) is 0. The Morgan fingerprint density at radius 1 is 1.18 bits per heavy atom. The largest absolute Gasteiger partial charge is 0.353 e. The molecule has 1 aliphatic heterocycles. The van der Waals surface area contributed by atoms with Gasteiger partial charge in [0.15, 0.2) is 0 Å². The predicted octanol–water partition coefficient (Wildman–Crippen LogP) is 0.921. The molecule has 1 amide bonds. The molecular weight excluding hydrogens is 138 g/mol. The lowest BCUT2D eigenvalue weighted by Gasteiger charge is -2.35. The van der Waals surface area contributed by atoms with Crippen LogP contribution in [0.4, 0.5) is 0 Å². The maximum absolute atomic E-state index is 11.3. The summed E-state index contributed by atoms with van der Waals surface area (Å²) < 4.78 is 0. The summed E-state index contributed by atoms with van der Waals surface area (Å²) in [4.78, 5) is 11.3. The zero-order valence-electron chi connectivity index (χ0n) is 6.55. The van der Waals surface area contributed by atoms with Gasteiger partial charge in [-0.15, -0.1) is 0 Å². The molecule has 60 valence electrons. The monoisotopic (exact) mass is 151 g/mol. The van der Waals surface area contributed by atoms with Crippen LogP contribution in [0.3, 0.4) is 0 Å². The Balaban J connectivity index is 1.81. The summed E-state index contributed by atoms with van der Waals surface area (Å²) in [5.41, 5.74) is 0. The SMILES string of the molecule is O=C1N[C@@H]2CC[C@@H]2C[C@@H]2C[C@H]12. The van der Waals surface area contributed by atoms with Gasteiger partial charge in [-0.2, -0.15) is 0 Å². The third-order valence-corrected chi connectivity index (χ3v) is 3.61. The zero-order valence-corrected chi connectivity index (χ0v) is 6.55. The molecule has 0 radical (unpaired) electrons. The van der Waals surface area contributed by atoms with Gasteiger partial charge >= 0.3 is 0 Å². The van der Waals surface area contributed by atoms with E-state index in [-0.39, 0.29) is 0 Å². The van der Waals surface area contributed by atoms with Crippen molar-refractivity contribution in [2.24, 2.45) is 17.8 Å². The third-order valence-electron chi connectivity index (χ3n) is 3.61. The number of hydrogen-bond acceptors (Lipinski definition) is 1. The Hall–Kier alpha value is -0.530. The number of hydrogen-bond donors (Lipinski definition) is 1. The highest BCUT2D eigenvalue weighted by molar-refractivity contribution is 5.82. The van der Waals surface area contributed by atoms with Crippen LogP contribution in [0.25, 0.3) is 0 Å². The van der Waals surface area contributed by atoms with Gasteiger partial charge < -0.3 is 5.32 Å². The van der Waals surface area contributed by atoms with Crippen LogP contribution in [-0.2, 0) is 4.79 Å². The van der Waals surface area contributed by atoms with Gasteiger partial charge in [0.1, 0.15) is 0 Å². The molecular formula is C9H13NO.